The van der Waals surface area contributed by atoms with Crippen molar-refractivity contribution in [1.29, 1.82) is 5.41 Å². The summed E-state index contributed by atoms with van der Waals surface area (Å²) in [5, 5.41) is 19.4. The Labute approximate surface area is 140 Å². The van der Waals surface area contributed by atoms with Crippen molar-refractivity contribution in [2.45, 2.75) is 77.2 Å². The second kappa shape index (κ2) is 5.05. The molecule has 2 fully saturated rings. The van der Waals surface area contributed by atoms with Crippen molar-refractivity contribution in [3.63, 3.8) is 0 Å². The summed E-state index contributed by atoms with van der Waals surface area (Å²) in [4.78, 5) is 0. The molecule has 0 aromatic carbocycles. The van der Waals surface area contributed by atoms with E-state index in [4.69, 9.17) is 5.41 Å². The van der Waals surface area contributed by atoms with Gasteiger partial charge in [0, 0.05) is 11.8 Å². The highest BCUT2D eigenvalue weighted by atomic mass is 16.3. The molecular formula is C21H31NO. The average Bonchev–Trinajstić information content (AvgIpc) is 2.86. The van der Waals surface area contributed by atoms with Crippen molar-refractivity contribution < 1.29 is 5.11 Å². The van der Waals surface area contributed by atoms with Crippen LogP contribution in [0.5, 0.6) is 0 Å². The SMILES string of the molecule is C[C@]12CCCC=C1CC[C@H]1[C@@H]3CC=C(CC=N)[C@@]3(C)CC[C@@]12O. The number of rotatable bonds is 2. The highest BCUT2D eigenvalue weighted by Gasteiger charge is 2.63. The Morgan fingerprint density at radius 2 is 2.04 bits per heavy atom. The Morgan fingerprint density at radius 3 is 2.83 bits per heavy atom. The number of nitrogens with one attached hydrogen (secondary N) is 1. The monoisotopic (exact) mass is 313 g/mol. The van der Waals surface area contributed by atoms with Crippen LogP contribution >= 0.6 is 0 Å². The molecule has 0 unspecified atom stereocenters. The van der Waals surface area contributed by atoms with E-state index < -0.39 is 5.60 Å². The maximum absolute atomic E-state index is 11.9. The van der Waals surface area contributed by atoms with E-state index in [1.807, 2.05) is 0 Å². The van der Waals surface area contributed by atoms with Gasteiger partial charge in [0.1, 0.15) is 0 Å². The van der Waals surface area contributed by atoms with Crippen molar-refractivity contribution in [3.8, 4) is 0 Å². The Morgan fingerprint density at radius 1 is 1.22 bits per heavy atom. The lowest BCUT2D eigenvalue weighted by molar-refractivity contribution is -0.184. The quantitative estimate of drug-likeness (QED) is 0.545. The highest BCUT2D eigenvalue weighted by molar-refractivity contribution is 5.59. The lowest BCUT2D eigenvalue weighted by Gasteiger charge is -2.62. The summed E-state index contributed by atoms with van der Waals surface area (Å²) in [7, 11) is 0. The molecule has 0 aliphatic heterocycles. The largest absolute Gasteiger partial charge is 0.389 e. The van der Waals surface area contributed by atoms with Crippen LogP contribution in [-0.4, -0.2) is 16.9 Å². The molecule has 2 N–H and O–H groups in total. The molecule has 2 nitrogen and oxygen atoms in total. The second-order valence-electron chi connectivity index (χ2n) is 8.92. The predicted molar refractivity (Wildman–Crippen MR) is 94.6 cm³/mol. The lowest BCUT2D eigenvalue weighted by Crippen LogP contribution is -2.62. The summed E-state index contributed by atoms with van der Waals surface area (Å²) >= 11 is 0. The minimum Gasteiger partial charge on any atom is -0.389 e. The standard InChI is InChI=1S/C21H31NO/c1-19-12-13-21(23)18(17(19)8-6-15(19)10-14-22)9-7-16-5-3-4-11-20(16,21)2/h5-6,14,17-18,22-23H,3-4,7-13H2,1-2H3/t17-,18-,19+,20-,21+/m0/s1. The first kappa shape index (κ1) is 15.6. The zero-order valence-corrected chi connectivity index (χ0v) is 14.7. The molecule has 5 atom stereocenters. The molecule has 0 aromatic heterocycles. The molecule has 0 saturated heterocycles. The molecule has 0 radical (unpaired) electrons. The van der Waals surface area contributed by atoms with Crippen LogP contribution in [0.3, 0.4) is 0 Å². The van der Waals surface area contributed by atoms with Crippen molar-refractivity contribution in [1.82, 2.24) is 0 Å². The van der Waals surface area contributed by atoms with Gasteiger partial charge in [-0.3, -0.25) is 0 Å². The number of hydrogen-bond acceptors (Lipinski definition) is 2. The van der Waals surface area contributed by atoms with E-state index in [2.05, 4.69) is 26.0 Å². The summed E-state index contributed by atoms with van der Waals surface area (Å²) in [6.07, 6.45) is 16.3. The van der Waals surface area contributed by atoms with Gasteiger partial charge in [-0.05, 0) is 74.8 Å². The van der Waals surface area contributed by atoms with E-state index in [0.29, 0.717) is 11.8 Å². The number of aliphatic hydroxyl groups is 1. The van der Waals surface area contributed by atoms with Gasteiger partial charge in [0.15, 0.2) is 0 Å². The van der Waals surface area contributed by atoms with Crippen LogP contribution in [0.15, 0.2) is 23.3 Å². The highest BCUT2D eigenvalue weighted by Crippen LogP contribution is 2.67. The van der Waals surface area contributed by atoms with E-state index in [9.17, 15) is 5.11 Å². The third-order valence-electron chi connectivity index (χ3n) is 8.28. The molecule has 0 spiro atoms. The smallest absolute Gasteiger partial charge is 0.0769 e. The Hall–Kier alpha value is -0.890. The van der Waals surface area contributed by atoms with Gasteiger partial charge < -0.3 is 10.5 Å². The molecule has 126 valence electrons. The summed E-state index contributed by atoms with van der Waals surface area (Å²) < 4.78 is 0. The molecule has 4 aliphatic rings. The van der Waals surface area contributed by atoms with Crippen molar-refractivity contribution in [2.24, 2.45) is 22.7 Å². The number of fused-ring (bicyclic) bond motifs is 5. The Bertz CT molecular complexity index is 591. The molecule has 0 heterocycles. The maximum Gasteiger partial charge on any atom is 0.0769 e. The molecule has 2 heteroatoms. The summed E-state index contributed by atoms with van der Waals surface area (Å²) in [6, 6.07) is 0. The van der Waals surface area contributed by atoms with E-state index in [1.54, 1.807) is 11.8 Å². The lowest BCUT2D eigenvalue weighted by atomic mass is 9.44. The third kappa shape index (κ3) is 1.88. The van der Waals surface area contributed by atoms with Gasteiger partial charge >= 0.3 is 0 Å². The van der Waals surface area contributed by atoms with Crippen LogP contribution in [0.25, 0.3) is 0 Å². The fraction of sp³-hybridized carbons (Fsp3) is 0.762. The molecule has 0 bridgehead atoms. The predicted octanol–water partition coefficient (Wildman–Crippen LogP) is 5.03. The third-order valence-corrected chi connectivity index (χ3v) is 8.28. The van der Waals surface area contributed by atoms with E-state index in [0.717, 1.165) is 38.5 Å². The van der Waals surface area contributed by atoms with Crippen LogP contribution in [0.4, 0.5) is 0 Å². The van der Waals surface area contributed by atoms with Crippen LogP contribution in [0, 0.1) is 28.1 Å². The van der Waals surface area contributed by atoms with Gasteiger partial charge in [0.25, 0.3) is 0 Å². The maximum atomic E-state index is 11.9. The van der Waals surface area contributed by atoms with Gasteiger partial charge in [0.2, 0.25) is 0 Å². The Balaban J connectivity index is 1.71. The van der Waals surface area contributed by atoms with Gasteiger partial charge in [-0.2, -0.15) is 0 Å². The normalized spacial score (nSPS) is 48.7. The van der Waals surface area contributed by atoms with E-state index in [-0.39, 0.29) is 10.8 Å². The van der Waals surface area contributed by atoms with Crippen LogP contribution in [0.1, 0.15) is 71.6 Å². The first-order valence-corrected chi connectivity index (χ1v) is 9.56. The first-order chi connectivity index (χ1) is 11.0. The summed E-state index contributed by atoms with van der Waals surface area (Å²) in [6.45, 7) is 4.77. The second-order valence-corrected chi connectivity index (χ2v) is 8.92. The summed E-state index contributed by atoms with van der Waals surface area (Å²) in [5.74, 6) is 1.01. The van der Waals surface area contributed by atoms with Crippen molar-refractivity contribution in [2.75, 3.05) is 0 Å². The topological polar surface area (TPSA) is 44.1 Å². The van der Waals surface area contributed by atoms with Gasteiger partial charge in [-0.1, -0.05) is 37.1 Å². The average molecular weight is 313 g/mol. The van der Waals surface area contributed by atoms with Crippen molar-refractivity contribution >= 4 is 6.21 Å². The Kier molecular flexibility index (Phi) is 3.43. The van der Waals surface area contributed by atoms with Crippen LogP contribution in [0.2, 0.25) is 0 Å². The van der Waals surface area contributed by atoms with E-state index >= 15 is 0 Å². The fourth-order valence-corrected chi connectivity index (χ4v) is 6.78. The van der Waals surface area contributed by atoms with E-state index in [1.165, 1.54) is 24.8 Å². The van der Waals surface area contributed by atoms with Gasteiger partial charge in [-0.15, -0.1) is 0 Å². The minimum absolute atomic E-state index is 0.0137. The van der Waals surface area contributed by atoms with Crippen LogP contribution in [-0.2, 0) is 0 Å². The zero-order valence-electron chi connectivity index (χ0n) is 14.7. The van der Waals surface area contributed by atoms with Gasteiger partial charge in [-0.25, -0.2) is 0 Å². The number of allylic oxidation sites excluding steroid dienone is 3. The molecule has 4 rings (SSSR count). The van der Waals surface area contributed by atoms with Crippen LogP contribution < -0.4 is 0 Å². The zero-order chi connectivity index (χ0) is 16.3. The molecule has 4 aliphatic carbocycles. The minimum atomic E-state index is -0.504. The van der Waals surface area contributed by atoms with Crippen molar-refractivity contribution in [3.05, 3.63) is 23.3 Å². The van der Waals surface area contributed by atoms with Gasteiger partial charge in [0.05, 0.1) is 5.60 Å². The molecule has 0 aromatic rings. The summed E-state index contributed by atoms with van der Waals surface area (Å²) in [5.41, 5.74) is 2.75. The molecular weight excluding hydrogens is 282 g/mol. The number of hydrogen-bond donors (Lipinski definition) is 2. The first-order valence-electron chi connectivity index (χ1n) is 9.56. The molecule has 0 amide bonds. The fourth-order valence-electron chi connectivity index (χ4n) is 6.78. The molecule has 23 heavy (non-hydrogen) atoms. The molecule has 2 saturated carbocycles.